The Hall–Kier alpha value is -1.39. The molecule has 1 aliphatic heterocycles. The van der Waals surface area contributed by atoms with Gasteiger partial charge < -0.3 is 9.84 Å². The van der Waals surface area contributed by atoms with Crippen LogP contribution in [0.3, 0.4) is 0 Å². The molecule has 2 heterocycles. The Morgan fingerprint density at radius 2 is 2.11 bits per heavy atom. The van der Waals surface area contributed by atoms with Crippen LogP contribution in [0.4, 0.5) is 0 Å². The minimum atomic E-state index is 0.0474. The fourth-order valence-corrected chi connectivity index (χ4v) is 2.28. The summed E-state index contributed by atoms with van der Waals surface area (Å²) in [5, 5.41) is 8.63. The quantitative estimate of drug-likeness (QED) is 0.796. The second-order valence-electron chi connectivity index (χ2n) is 4.80. The number of nitrogens with zero attached hydrogens (tertiary/aromatic N) is 2. The van der Waals surface area contributed by atoms with Crippen LogP contribution in [-0.2, 0) is 6.54 Å². The summed E-state index contributed by atoms with van der Waals surface area (Å²) >= 11 is 0. The van der Waals surface area contributed by atoms with E-state index < -0.39 is 0 Å². The molecule has 1 aromatic heterocycles. The van der Waals surface area contributed by atoms with Gasteiger partial charge in [0, 0.05) is 18.8 Å². The lowest BCUT2D eigenvalue weighted by Gasteiger charge is -2.26. The van der Waals surface area contributed by atoms with Crippen LogP contribution in [-0.4, -0.2) is 41.3 Å². The second-order valence-corrected chi connectivity index (χ2v) is 4.80. The SMILES string of the molecule is OCC=CCOc1cc(CN2CCCCC2)ccn1. The molecule has 1 fully saturated rings. The third kappa shape index (κ3) is 5.01. The molecule has 1 aliphatic rings. The summed E-state index contributed by atoms with van der Waals surface area (Å²) < 4.78 is 5.51. The Bertz CT molecular complexity index is 401. The van der Waals surface area contributed by atoms with Gasteiger partial charge in [0.25, 0.3) is 0 Å². The predicted molar refractivity (Wildman–Crippen MR) is 75.1 cm³/mol. The van der Waals surface area contributed by atoms with Crippen LogP contribution in [0.2, 0.25) is 0 Å². The van der Waals surface area contributed by atoms with E-state index in [1.807, 2.05) is 12.1 Å². The molecule has 0 spiro atoms. The first-order valence-electron chi connectivity index (χ1n) is 6.94. The van der Waals surface area contributed by atoms with Gasteiger partial charge in [-0.1, -0.05) is 12.5 Å². The molecule has 19 heavy (non-hydrogen) atoms. The molecule has 0 amide bonds. The molecule has 4 nitrogen and oxygen atoms in total. The molecule has 1 saturated heterocycles. The van der Waals surface area contributed by atoms with E-state index in [0.29, 0.717) is 12.5 Å². The van der Waals surface area contributed by atoms with E-state index in [-0.39, 0.29) is 6.61 Å². The van der Waals surface area contributed by atoms with Crippen LogP contribution in [0.1, 0.15) is 24.8 Å². The lowest BCUT2D eigenvalue weighted by Crippen LogP contribution is -2.29. The zero-order valence-corrected chi connectivity index (χ0v) is 11.3. The van der Waals surface area contributed by atoms with Crippen molar-refractivity contribution in [2.75, 3.05) is 26.3 Å². The van der Waals surface area contributed by atoms with Crippen LogP contribution >= 0.6 is 0 Å². The number of hydrogen-bond donors (Lipinski definition) is 1. The average molecular weight is 262 g/mol. The van der Waals surface area contributed by atoms with Crippen LogP contribution in [0.5, 0.6) is 5.88 Å². The van der Waals surface area contributed by atoms with Gasteiger partial charge in [-0.25, -0.2) is 4.98 Å². The second kappa shape index (κ2) is 7.92. The van der Waals surface area contributed by atoms with Gasteiger partial charge in [0.05, 0.1) is 6.61 Å². The number of ether oxygens (including phenoxy) is 1. The third-order valence-electron chi connectivity index (χ3n) is 3.25. The normalized spacial score (nSPS) is 16.9. The molecule has 1 aromatic rings. The van der Waals surface area contributed by atoms with Gasteiger partial charge in [-0.15, -0.1) is 0 Å². The lowest BCUT2D eigenvalue weighted by molar-refractivity contribution is 0.220. The maximum Gasteiger partial charge on any atom is 0.213 e. The van der Waals surface area contributed by atoms with Crippen molar-refractivity contribution in [2.45, 2.75) is 25.8 Å². The number of aliphatic hydroxyl groups excluding tert-OH is 1. The maximum atomic E-state index is 8.63. The van der Waals surface area contributed by atoms with Crippen molar-refractivity contribution in [1.29, 1.82) is 0 Å². The van der Waals surface area contributed by atoms with Crippen molar-refractivity contribution in [3.63, 3.8) is 0 Å². The molecular formula is C15H22N2O2. The van der Waals surface area contributed by atoms with E-state index in [1.54, 1.807) is 18.3 Å². The summed E-state index contributed by atoms with van der Waals surface area (Å²) in [4.78, 5) is 6.67. The van der Waals surface area contributed by atoms with Crippen molar-refractivity contribution in [3.8, 4) is 5.88 Å². The minimum Gasteiger partial charge on any atom is -0.473 e. The van der Waals surface area contributed by atoms with Crippen LogP contribution in [0.25, 0.3) is 0 Å². The average Bonchev–Trinajstić information content (AvgIpc) is 2.45. The fraction of sp³-hybridized carbons (Fsp3) is 0.533. The Kier molecular flexibility index (Phi) is 5.85. The van der Waals surface area contributed by atoms with Gasteiger partial charge >= 0.3 is 0 Å². The monoisotopic (exact) mass is 262 g/mol. The van der Waals surface area contributed by atoms with E-state index in [2.05, 4.69) is 9.88 Å². The van der Waals surface area contributed by atoms with Gasteiger partial charge in [-0.2, -0.15) is 0 Å². The zero-order valence-electron chi connectivity index (χ0n) is 11.3. The summed E-state index contributed by atoms with van der Waals surface area (Å²) in [6, 6.07) is 4.05. The van der Waals surface area contributed by atoms with Crippen molar-refractivity contribution in [3.05, 3.63) is 36.0 Å². The standard InChI is InChI=1S/C15H22N2O2/c18-10-4-5-11-19-15-12-14(6-7-16-15)13-17-8-2-1-3-9-17/h4-7,12,18H,1-3,8-11,13H2. The van der Waals surface area contributed by atoms with E-state index in [4.69, 9.17) is 9.84 Å². The van der Waals surface area contributed by atoms with E-state index >= 15 is 0 Å². The summed E-state index contributed by atoms with van der Waals surface area (Å²) in [5.41, 5.74) is 1.25. The van der Waals surface area contributed by atoms with Gasteiger partial charge in [-0.05, 0) is 43.6 Å². The van der Waals surface area contributed by atoms with Crippen molar-refractivity contribution in [1.82, 2.24) is 9.88 Å². The first kappa shape index (κ1) is 14.0. The van der Waals surface area contributed by atoms with Gasteiger partial charge in [-0.3, -0.25) is 4.90 Å². The van der Waals surface area contributed by atoms with Crippen LogP contribution in [0.15, 0.2) is 30.5 Å². The molecule has 4 heteroatoms. The fourth-order valence-electron chi connectivity index (χ4n) is 2.28. The third-order valence-corrected chi connectivity index (χ3v) is 3.25. The number of piperidine rings is 1. The number of aromatic nitrogens is 1. The summed E-state index contributed by atoms with van der Waals surface area (Å²) in [6.45, 7) is 3.85. The van der Waals surface area contributed by atoms with Crippen molar-refractivity contribution >= 4 is 0 Å². The molecule has 104 valence electrons. The number of rotatable bonds is 6. The van der Waals surface area contributed by atoms with E-state index in [1.165, 1.54) is 37.9 Å². The Balaban J connectivity index is 1.85. The predicted octanol–water partition coefficient (Wildman–Crippen LogP) is 1.99. The highest BCUT2D eigenvalue weighted by Gasteiger charge is 2.10. The molecule has 0 unspecified atom stereocenters. The zero-order chi connectivity index (χ0) is 13.3. The van der Waals surface area contributed by atoms with Gasteiger partial charge in [0.1, 0.15) is 6.61 Å². The maximum absolute atomic E-state index is 8.63. The Morgan fingerprint density at radius 1 is 1.26 bits per heavy atom. The van der Waals surface area contributed by atoms with E-state index in [0.717, 1.165) is 6.54 Å². The number of aliphatic hydroxyl groups is 1. The van der Waals surface area contributed by atoms with Crippen molar-refractivity contribution in [2.24, 2.45) is 0 Å². The molecule has 1 N–H and O–H groups in total. The van der Waals surface area contributed by atoms with Crippen molar-refractivity contribution < 1.29 is 9.84 Å². The highest BCUT2D eigenvalue weighted by Crippen LogP contribution is 2.15. The molecular weight excluding hydrogens is 240 g/mol. The lowest BCUT2D eigenvalue weighted by atomic mass is 10.1. The van der Waals surface area contributed by atoms with Crippen LogP contribution < -0.4 is 4.74 Å². The van der Waals surface area contributed by atoms with Crippen LogP contribution in [0, 0.1) is 0 Å². The van der Waals surface area contributed by atoms with E-state index in [9.17, 15) is 0 Å². The largest absolute Gasteiger partial charge is 0.473 e. The number of pyridine rings is 1. The smallest absolute Gasteiger partial charge is 0.213 e. The first-order valence-corrected chi connectivity index (χ1v) is 6.94. The Morgan fingerprint density at radius 3 is 2.89 bits per heavy atom. The van der Waals surface area contributed by atoms with Gasteiger partial charge in [0.2, 0.25) is 5.88 Å². The summed E-state index contributed by atoms with van der Waals surface area (Å²) in [7, 11) is 0. The Labute approximate surface area is 114 Å². The number of likely N-dealkylation sites (tertiary alicyclic amines) is 1. The highest BCUT2D eigenvalue weighted by molar-refractivity contribution is 5.20. The molecule has 2 rings (SSSR count). The molecule has 0 radical (unpaired) electrons. The topological polar surface area (TPSA) is 45.6 Å². The highest BCUT2D eigenvalue weighted by atomic mass is 16.5. The molecule has 0 atom stereocenters. The number of hydrogen-bond acceptors (Lipinski definition) is 4. The molecule has 0 aromatic carbocycles. The molecule has 0 aliphatic carbocycles. The molecule has 0 bridgehead atoms. The van der Waals surface area contributed by atoms with Gasteiger partial charge in [0.15, 0.2) is 0 Å². The minimum absolute atomic E-state index is 0.0474. The first-order chi connectivity index (χ1) is 9.38. The summed E-state index contributed by atoms with van der Waals surface area (Å²) in [5.74, 6) is 0.650. The summed E-state index contributed by atoms with van der Waals surface area (Å²) in [6.07, 6.45) is 9.22. The molecule has 0 saturated carbocycles.